The minimum atomic E-state index is -0.293. The number of amides is 1. The molecule has 3 rings (SSSR count). The number of aromatic nitrogens is 1. The lowest BCUT2D eigenvalue weighted by atomic mass is 10.2. The number of pyridine rings is 1. The van der Waals surface area contributed by atoms with Crippen molar-refractivity contribution in [2.45, 2.75) is 33.0 Å². The maximum atomic E-state index is 12.8. The molecule has 0 fully saturated rings. The Morgan fingerprint density at radius 3 is 2.54 bits per heavy atom. The highest BCUT2D eigenvalue weighted by Gasteiger charge is 2.33. The van der Waals surface area contributed by atoms with Crippen molar-refractivity contribution in [3.8, 4) is 5.75 Å². The lowest BCUT2D eigenvalue weighted by molar-refractivity contribution is 0.0639. The van der Waals surface area contributed by atoms with Gasteiger partial charge in [-0.3, -0.25) is 14.3 Å². The van der Waals surface area contributed by atoms with Crippen LogP contribution in [0.5, 0.6) is 5.75 Å². The molecular weight excluding hydrogens is 306 g/mol. The van der Waals surface area contributed by atoms with Crippen LogP contribution >= 0.6 is 0 Å². The van der Waals surface area contributed by atoms with Crippen LogP contribution in [0, 0.1) is 0 Å². The van der Waals surface area contributed by atoms with Crippen molar-refractivity contribution in [3.63, 3.8) is 0 Å². The molecule has 0 saturated heterocycles. The second kappa shape index (κ2) is 6.78. The summed E-state index contributed by atoms with van der Waals surface area (Å²) in [4.78, 5) is 26.8. The van der Waals surface area contributed by atoms with Gasteiger partial charge in [0.15, 0.2) is 11.4 Å². The molecule has 2 heterocycles. The van der Waals surface area contributed by atoms with Crippen LogP contribution in [-0.2, 0) is 6.61 Å². The third-order valence-corrected chi connectivity index (χ3v) is 4.14. The van der Waals surface area contributed by atoms with Crippen molar-refractivity contribution in [2.24, 2.45) is 0 Å². The van der Waals surface area contributed by atoms with Gasteiger partial charge in [-0.15, -0.1) is 0 Å². The number of nitrogens with zero attached hydrogens (tertiary/aromatic N) is 2. The van der Waals surface area contributed by atoms with Gasteiger partial charge in [0, 0.05) is 18.8 Å². The lowest BCUT2D eigenvalue weighted by Gasteiger charge is -2.38. The standard InChI is InChI=1S/C18H21N3O3/c1-3-15-19-21-11-10-14(22)17(16(21)18(23)20(15)4-2)24-12-13-8-6-5-7-9-13/h5-11,15,19H,3-4,12H2,1-2H3/t15-/m0/s1. The fraction of sp³-hybridized carbons (Fsp3) is 0.333. The molecule has 0 aliphatic carbocycles. The van der Waals surface area contributed by atoms with Gasteiger partial charge in [-0.2, -0.15) is 0 Å². The molecule has 6 nitrogen and oxygen atoms in total. The van der Waals surface area contributed by atoms with Gasteiger partial charge in [-0.05, 0) is 18.9 Å². The molecule has 1 atom stereocenters. The monoisotopic (exact) mass is 327 g/mol. The Kier molecular flexibility index (Phi) is 4.55. The fourth-order valence-electron chi connectivity index (χ4n) is 2.88. The predicted octanol–water partition coefficient (Wildman–Crippen LogP) is 2.18. The Morgan fingerprint density at radius 1 is 1.12 bits per heavy atom. The maximum Gasteiger partial charge on any atom is 0.278 e. The molecule has 0 unspecified atom stereocenters. The van der Waals surface area contributed by atoms with Crippen molar-refractivity contribution >= 4 is 5.91 Å². The molecular formula is C18H21N3O3. The largest absolute Gasteiger partial charge is 0.482 e. The van der Waals surface area contributed by atoms with Gasteiger partial charge in [0.25, 0.3) is 5.91 Å². The molecule has 6 heteroatoms. The predicted molar refractivity (Wildman–Crippen MR) is 91.6 cm³/mol. The van der Waals surface area contributed by atoms with E-state index in [1.807, 2.05) is 44.2 Å². The van der Waals surface area contributed by atoms with E-state index in [-0.39, 0.29) is 35.6 Å². The second-order valence-corrected chi connectivity index (χ2v) is 5.65. The minimum Gasteiger partial charge on any atom is -0.482 e. The van der Waals surface area contributed by atoms with Crippen molar-refractivity contribution in [2.75, 3.05) is 12.0 Å². The van der Waals surface area contributed by atoms with Crippen LogP contribution in [0.4, 0.5) is 0 Å². The van der Waals surface area contributed by atoms with Crippen LogP contribution in [0.1, 0.15) is 36.3 Å². The summed E-state index contributed by atoms with van der Waals surface area (Å²) in [5.74, 6) is -0.101. The number of fused-ring (bicyclic) bond motifs is 1. The van der Waals surface area contributed by atoms with Crippen LogP contribution < -0.4 is 15.6 Å². The van der Waals surface area contributed by atoms with E-state index in [2.05, 4.69) is 5.43 Å². The molecule has 1 amide bonds. The molecule has 1 aromatic carbocycles. The zero-order chi connectivity index (χ0) is 17.1. The van der Waals surface area contributed by atoms with E-state index in [1.54, 1.807) is 15.8 Å². The van der Waals surface area contributed by atoms with Crippen LogP contribution in [0.2, 0.25) is 0 Å². The van der Waals surface area contributed by atoms with Crippen molar-refractivity contribution in [1.29, 1.82) is 0 Å². The van der Waals surface area contributed by atoms with E-state index in [4.69, 9.17) is 4.74 Å². The summed E-state index contributed by atoms with van der Waals surface area (Å²) in [5, 5.41) is 0. The second-order valence-electron chi connectivity index (χ2n) is 5.65. The van der Waals surface area contributed by atoms with E-state index in [0.717, 1.165) is 12.0 Å². The van der Waals surface area contributed by atoms with Crippen LogP contribution in [0.3, 0.4) is 0 Å². The normalized spacial score (nSPS) is 16.5. The van der Waals surface area contributed by atoms with Gasteiger partial charge in [-0.1, -0.05) is 37.3 Å². The van der Waals surface area contributed by atoms with Gasteiger partial charge in [0.2, 0.25) is 5.43 Å². The molecule has 24 heavy (non-hydrogen) atoms. The summed E-state index contributed by atoms with van der Waals surface area (Å²) in [6, 6.07) is 11.0. The molecule has 1 aromatic heterocycles. The van der Waals surface area contributed by atoms with E-state index in [9.17, 15) is 9.59 Å². The van der Waals surface area contributed by atoms with Gasteiger partial charge in [-0.25, -0.2) is 0 Å². The smallest absolute Gasteiger partial charge is 0.278 e. The number of carbonyl (C=O) groups excluding carboxylic acids is 1. The third-order valence-electron chi connectivity index (χ3n) is 4.14. The number of ether oxygens (including phenoxy) is 1. The summed E-state index contributed by atoms with van der Waals surface area (Å²) in [5.41, 5.74) is 4.15. The first-order valence-corrected chi connectivity index (χ1v) is 8.15. The van der Waals surface area contributed by atoms with E-state index < -0.39 is 0 Å². The minimum absolute atomic E-state index is 0.0897. The van der Waals surface area contributed by atoms with Crippen LogP contribution in [-0.4, -0.2) is 28.2 Å². The van der Waals surface area contributed by atoms with Gasteiger partial charge in [0.1, 0.15) is 12.8 Å². The van der Waals surface area contributed by atoms with Crippen LogP contribution in [0.15, 0.2) is 47.4 Å². The molecule has 0 bridgehead atoms. The summed E-state index contributed by atoms with van der Waals surface area (Å²) in [6.07, 6.45) is 2.26. The number of hydrogen-bond donors (Lipinski definition) is 1. The summed E-state index contributed by atoms with van der Waals surface area (Å²) in [7, 11) is 0. The van der Waals surface area contributed by atoms with Crippen LogP contribution in [0.25, 0.3) is 0 Å². The molecule has 1 aliphatic heterocycles. The zero-order valence-corrected chi connectivity index (χ0v) is 13.9. The average Bonchev–Trinajstić information content (AvgIpc) is 2.61. The zero-order valence-electron chi connectivity index (χ0n) is 13.9. The average molecular weight is 327 g/mol. The molecule has 126 valence electrons. The Balaban J connectivity index is 1.96. The molecule has 1 N–H and O–H groups in total. The lowest BCUT2D eigenvalue weighted by Crippen LogP contribution is -2.53. The highest BCUT2D eigenvalue weighted by Crippen LogP contribution is 2.22. The molecule has 2 aromatic rings. The molecule has 0 saturated carbocycles. The topological polar surface area (TPSA) is 63.6 Å². The van der Waals surface area contributed by atoms with Crippen molar-refractivity contribution in [1.82, 2.24) is 9.58 Å². The molecule has 0 spiro atoms. The Morgan fingerprint density at radius 2 is 1.88 bits per heavy atom. The Hall–Kier alpha value is -2.76. The number of hydrogen-bond acceptors (Lipinski definition) is 4. The Bertz CT molecular complexity index is 786. The summed E-state index contributed by atoms with van der Waals surface area (Å²) in [6.45, 7) is 4.73. The molecule has 1 aliphatic rings. The van der Waals surface area contributed by atoms with E-state index >= 15 is 0 Å². The van der Waals surface area contributed by atoms with E-state index in [0.29, 0.717) is 6.54 Å². The molecule has 0 radical (unpaired) electrons. The SMILES string of the molecule is CC[C@H]1Nn2ccc(=O)c(OCc3ccccc3)c2C(=O)N1CC. The first kappa shape index (κ1) is 16.1. The number of nitrogens with one attached hydrogen (secondary N) is 1. The summed E-state index contributed by atoms with van der Waals surface area (Å²) >= 11 is 0. The highest BCUT2D eigenvalue weighted by atomic mass is 16.5. The first-order valence-electron chi connectivity index (χ1n) is 8.15. The summed E-state index contributed by atoms with van der Waals surface area (Å²) < 4.78 is 7.33. The van der Waals surface area contributed by atoms with Crippen molar-refractivity contribution < 1.29 is 9.53 Å². The quantitative estimate of drug-likeness (QED) is 0.914. The third kappa shape index (κ3) is 2.87. The van der Waals surface area contributed by atoms with Gasteiger partial charge < -0.3 is 15.1 Å². The first-order chi connectivity index (χ1) is 11.7. The number of carbonyl (C=O) groups is 1. The Labute approximate surface area is 140 Å². The van der Waals surface area contributed by atoms with Crippen molar-refractivity contribution in [3.05, 3.63) is 64.1 Å². The number of rotatable bonds is 5. The number of benzene rings is 1. The fourth-order valence-corrected chi connectivity index (χ4v) is 2.88. The van der Waals surface area contributed by atoms with Gasteiger partial charge in [0.05, 0.1) is 0 Å². The highest BCUT2D eigenvalue weighted by molar-refractivity contribution is 5.96. The van der Waals surface area contributed by atoms with E-state index in [1.165, 1.54) is 6.07 Å². The maximum absolute atomic E-state index is 12.8. The van der Waals surface area contributed by atoms with Gasteiger partial charge >= 0.3 is 0 Å².